The number of para-hydroxylation sites is 1. The fraction of sp³-hybridized carbons (Fsp3) is 0.480. The first kappa shape index (κ1) is 26.7. The second-order valence-electron chi connectivity index (χ2n) is 9.01. The molecule has 36 heavy (non-hydrogen) atoms. The van der Waals surface area contributed by atoms with E-state index in [0.717, 1.165) is 60.7 Å². The lowest BCUT2D eigenvalue weighted by molar-refractivity contribution is -0.137. The highest BCUT2D eigenvalue weighted by Crippen LogP contribution is 2.49. The third-order valence-electron chi connectivity index (χ3n) is 6.39. The molecule has 2 aromatic rings. The summed E-state index contributed by atoms with van der Waals surface area (Å²) < 4.78 is 40.2. The SMILES string of the molecule is O=C(CN1CCN(CCCN2c3ccccc3Sc3ccc(C(F)(F)F)cc32)CC1)NCC(O)CO. The Bertz CT molecular complexity index is 1050. The molecule has 1 amide bonds. The highest BCUT2D eigenvalue weighted by atomic mass is 32.2. The Morgan fingerprint density at radius 3 is 2.42 bits per heavy atom. The number of carbonyl (C=O) groups is 1. The van der Waals surface area contributed by atoms with Crippen LogP contribution in [-0.4, -0.2) is 91.0 Å². The fourth-order valence-electron chi connectivity index (χ4n) is 4.43. The minimum absolute atomic E-state index is 0.0288. The molecule has 2 aromatic carbocycles. The number of aliphatic hydroxyl groups is 2. The quantitative estimate of drug-likeness (QED) is 0.466. The van der Waals surface area contributed by atoms with Gasteiger partial charge in [-0.25, -0.2) is 0 Å². The summed E-state index contributed by atoms with van der Waals surface area (Å²) in [5, 5.41) is 20.8. The number of nitrogens with one attached hydrogen (secondary N) is 1. The standard InChI is InChI=1S/C25H31F3N4O3S/c26-25(27,28)18-6-7-23-21(14-18)32(20-4-1-2-5-22(20)36-23)9-3-8-30-10-12-31(13-11-30)16-24(35)29-15-19(34)17-33/h1-2,4-7,14,19,33-34H,3,8-13,15-17H2,(H,29,35). The third-order valence-corrected chi connectivity index (χ3v) is 7.52. The first-order chi connectivity index (χ1) is 17.2. The second kappa shape index (κ2) is 11.8. The van der Waals surface area contributed by atoms with E-state index in [2.05, 4.69) is 10.2 Å². The molecule has 7 nitrogen and oxygen atoms in total. The largest absolute Gasteiger partial charge is 0.416 e. The van der Waals surface area contributed by atoms with Gasteiger partial charge in [0.1, 0.15) is 0 Å². The molecule has 0 aliphatic carbocycles. The average Bonchev–Trinajstić information content (AvgIpc) is 2.87. The summed E-state index contributed by atoms with van der Waals surface area (Å²) in [7, 11) is 0. The lowest BCUT2D eigenvalue weighted by atomic mass is 10.1. The van der Waals surface area contributed by atoms with E-state index in [0.29, 0.717) is 12.2 Å². The first-order valence-corrected chi connectivity index (χ1v) is 12.8. The molecule has 1 unspecified atom stereocenters. The molecule has 0 aromatic heterocycles. The fourth-order valence-corrected chi connectivity index (χ4v) is 5.50. The molecule has 1 fully saturated rings. The number of alkyl halides is 3. The van der Waals surface area contributed by atoms with Crippen molar-refractivity contribution in [2.75, 3.05) is 63.9 Å². The molecule has 196 valence electrons. The van der Waals surface area contributed by atoms with Crippen LogP contribution in [0.15, 0.2) is 52.3 Å². The van der Waals surface area contributed by atoms with E-state index in [4.69, 9.17) is 5.11 Å². The van der Waals surface area contributed by atoms with Gasteiger partial charge in [0.25, 0.3) is 0 Å². The minimum Gasteiger partial charge on any atom is -0.394 e. The van der Waals surface area contributed by atoms with Gasteiger partial charge in [-0.15, -0.1) is 0 Å². The number of benzene rings is 2. The normalized spacial score (nSPS) is 17.4. The van der Waals surface area contributed by atoms with Crippen LogP contribution in [0, 0.1) is 0 Å². The van der Waals surface area contributed by atoms with Crippen LogP contribution in [0.2, 0.25) is 0 Å². The molecular weight excluding hydrogens is 493 g/mol. The summed E-state index contributed by atoms with van der Waals surface area (Å²) in [5.74, 6) is -0.186. The van der Waals surface area contributed by atoms with Crippen molar-refractivity contribution in [1.29, 1.82) is 0 Å². The van der Waals surface area contributed by atoms with Gasteiger partial charge in [-0.2, -0.15) is 13.2 Å². The Morgan fingerprint density at radius 1 is 1.00 bits per heavy atom. The predicted molar refractivity (Wildman–Crippen MR) is 133 cm³/mol. The third kappa shape index (κ3) is 6.71. The summed E-state index contributed by atoms with van der Waals surface area (Å²) in [5.41, 5.74) is 0.879. The average molecular weight is 525 g/mol. The Hall–Kier alpha value is -2.31. The predicted octanol–water partition coefficient (Wildman–Crippen LogP) is 2.79. The van der Waals surface area contributed by atoms with Crippen LogP contribution in [0.4, 0.5) is 24.5 Å². The molecule has 11 heteroatoms. The van der Waals surface area contributed by atoms with E-state index in [1.807, 2.05) is 34.1 Å². The van der Waals surface area contributed by atoms with Crippen LogP contribution >= 0.6 is 11.8 Å². The van der Waals surface area contributed by atoms with Crippen LogP contribution in [0.3, 0.4) is 0 Å². The van der Waals surface area contributed by atoms with E-state index < -0.39 is 24.5 Å². The van der Waals surface area contributed by atoms with Crippen LogP contribution < -0.4 is 10.2 Å². The van der Waals surface area contributed by atoms with E-state index >= 15 is 0 Å². The zero-order valence-electron chi connectivity index (χ0n) is 19.9. The summed E-state index contributed by atoms with van der Waals surface area (Å²) >= 11 is 1.49. The molecular formula is C25H31F3N4O3S. The monoisotopic (exact) mass is 524 g/mol. The summed E-state index contributed by atoms with van der Waals surface area (Å²) in [6, 6.07) is 11.8. The number of amides is 1. The maximum atomic E-state index is 13.4. The molecule has 3 N–H and O–H groups in total. The van der Waals surface area contributed by atoms with Crippen molar-refractivity contribution in [3.8, 4) is 0 Å². The minimum atomic E-state index is -4.39. The highest BCUT2D eigenvalue weighted by Gasteiger charge is 2.33. The summed E-state index contributed by atoms with van der Waals surface area (Å²) in [4.78, 5) is 20.2. The highest BCUT2D eigenvalue weighted by molar-refractivity contribution is 7.99. The van der Waals surface area contributed by atoms with E-state index in [9.17, 15) is 23.1 Å². The molecule has 0 radical (unpaired) electrons. The van der Waals surface area contributed by atoms with Crippen molar-refractivity contribution < 1.29 is 28.2 Å². The van der Waals surface area contributed by atoms with Gasteiger partial charge in [-0.3, -0.25) is 9.69 Å². The van der Waals surface area contributed by atoms with Gasteiger partial charge in [0.05, 0.1) is 36.2 Å². The number of anilines is 2. The number of fused-ring (bicyclic) bond motifs is 2. The number of piperazine rings is 1. The van der Waals surface area contributed by atoms with Crippen molar-refractivity contribution in [1.82, 2.24) is 15.1 Å². The Labute approximate surface area is 212 Å². The molecule has 0 saturated carbocycles. The van der Waals surface area contributed by atoms with Gasteiger partial charge in [-0.05, 0) is 43.3 Å². The number of carbonyl (C=O) groups excluding carboxylic acids is 1. The number of halogens is 3. The maximum absolute atomic E-state index is 13.4. The van der Waals surface area contributed by atoms with Gasteiger partial charge >= 0.3 is 6.18 Å². The van der Waals surface area contributed by atoms with Crippen LogP contribution in [-0.2, 0) is 11.0 Å². The molecule has 1 atom stereocenters. The molecule has 2 heterocycles. The molecule has 2 aliphatic rings. The number of rotatable bonds is 9. The van der Waals surface area contributed by atoms with Gasteiger partial charge in [-0.1, -0.05) is 23.9 Å². The lowest BCUT2D eigenvalue weighted by Crippen LogP contribution is -2.50. The molecule has 0 spiro atoms. The van der Waals surface area contributed by atoms with Crippen molar-refractivity contribution in [2.45, 2.75) is 28.5 Å². The number of hydrogen-bond donors (Lipinski definition) is 3. The first-order valence-electron chi connectivity index (χ1n) is 12.0. The molecule has 4 rings (SSSR count). The molecule has 2 aliphatic heterocycles. The lowest BCUT2D eigenvalue weighted by Gasteiger charge is -2.36. The van der Waals surface area contributed by atoms with E-state index in [1.54, 1.807) is 6.07 Å². The van der Waals surface area contributed by atoms with Crippen molar-refractivity contribution in [3.63, 3.8) is 0 Å². The second-order valence-corrected chi connectivity index (χ2v) is 10.1. The van der Waals surface area contributed by atoms with E-state index in [1.165, 1.54) is 17.8 Å². The molecule has 0 bridgehead atoms. The van der Waals surface area contributed by atoms with Crippen molar-refractivity contribution >= 4 is 29.0 Å². The Kier molecular flexibility index (Phi) is 8.78. The van der Waals surface area contributed by atoms with E-state index in [-0.39, 0.29) is 19.0 Å². The van der Waals surface area contributed by atoms with Crippen molar-refractivity contribution in [3.05, 3.63) is 48.0 Å². The number of hydrogen-bond acceptors (Lipinski definition) is 7. The van der Waals surface area contributed by atoms with Gasteiger partial charge < -0.3 is 25.3 Å². The smallest absolute Gasteiger partial charge is 0.394 e. The maximum Gasteiger partial charge on any atom is 0.416 e. The number of nitrogens with zero attached hydrogens (tertiary/aromatic N) is 3. The molecule has 1 saturated heterocycles. The van der Waals surface area contributed by atoms with Crippen LogP contribution in [0.25, 0.3) is 0 Å². The van der Waals surface area contributed by atoms with Gasteiger partial charge in [0.15, 0.2) is 0 Å². The summed E-state index contributed by atoms with van der Waals surface area (Å²) in [6.45, 7) is 4.35. The Morgan fingerprint density at radius 2 is 1.69 bits per heavy atom. The Balaban J connectivity index is 1.31. The topological polar surface area (TPSA) is 79.3 Å². The number of aliphatic hydroxyl groups excluding tert-OH is 2. The van der Waals surface area contributed by atoms with Gasteiger partial charge in [0, 0.05) is 49.1 Å². The van der Waals surface area contributed by atoms with Gasteiger partial charge in [0.2, 0.25) is 5.91 Å². The van der Waals surface area contributed by atoms with Crippen LogP contribution in [0.1, 0.15) is 12.0 Å². The van der Waals surface area contributed by atoms with Crippen molar-refractivity contribution in [2.24, 2.45) is 0 Å². The zero-order valence-corrected chi connectivity index (χ0v) is 20.7. The zero-order chi connectivity index (χ0) is 25.7. The summed E-state index contributed by atoms with van der Waals surface area (Å²) in [6.07, 6.45) is -4.56. The van der Waals surface area contributed by atoms with Crippen LogP contribution in [0.5, 0.6) is 0 Å².